The Bertz CT molecular complexity index is 862. The number of hydrogen-bond donors (Lipinski definition) is 1. The molecule has 0 aromatic heterocycles. The molecule has 1 amide bonds. The van der Waals surface area contributed by atoms with Crippen LogP contribution >= 0.6 is 0 Å². The molecule has 172 valence electrons. The van der Waals surface area contributed by atoms with E-state index in [4.69, 9.17) is 0 Å². The summed E-state index contributed by atoms with van der Waals surface area (Å²) in [4.78, 5) is 24.5. The zero-order valence-corrected chi connectivity index (χ0v) is 18.7. The Morgan fingerprint density at radius 3 is 2.32 bits per heavy atom. The van der Waals surface area contributed by atoms with E-state index in [0.29, 0.717) is 38.4 Å². The predicted octanol–water partition coefficient (Wildman–Crippen LogP) is 2.05. The second kappa shape index (κ2) is 10.5. The Hall–Kier alpha value is -2.08. The van der Waals surface area contributed by atoms with Crippen LogP contribution in [-0.4, -0.2) is 78.6 Å². The first kappa shape index (κ1) is 23.6. The van der Waals surface area contributed by atoms with E-state index in [0.717, 1.165) is 25.7 Å². The highest BCUT2D eigenvalue weighted by atomic mass is 32.2. The Morgan fingerprint density at radius 1 is 1.13 bits per heavy atom. The monoisotopic (exact) mass is 453 g/mol. The van der Waals surface area contributed by atoms with Gasteiger partial charge in [0.15, 0.2) is 0 Å². The minimum Gasteiger partial charge on any atom is -0.326 e. The molecule has 1 saturated heterocycles. The lowest BCUT2D eigenvalue weighted by molar-refractivity contribution is -0.384. The van der Waals surface area contributed by atoms with Crippen LogP contribution in [0.25, 0.3) is 0 Å². The van der Waals surface area contributed by atoms with Gasteiger partial charge in [0.1, 0.15) is 0 Å². The number of nitro benzene ring substituents is 1. The van der Waals surface area contributed by atoms with E-state index < -0.39 is 15.1 Å². The second-order valence-corrected chi connectivity index (χ2v) is 10.1. The van der Waals surface area contributed by atoms with E-state index in [1.54, 1.807) is 15.7 Å². The number of piperazine rings is 1. The van der Waals surface area contributed by atoms with Crippen LogP contribution in [0.3, 0.4) is 0 Å². The third-order valence-electron chi connectivity index (χ3n) is 6.13. The van der Waals surface area contributed by atoms with E-state index in [9.17, 15) is 23.3 Å². The molecule has 0 bridgehead atoms. The number of nitrogens with zero attached hydrogens (tertiary/aromatic N) is 4. The molecule has 2 aliphatic rings. The molecular formula is C20H31N5O5S. The van der Waals surface area contributed by atoms with Crippen LogP contribution in [-0.2, 0) is 15.0 Å². The molecule has 0 unspecified atom stereocenters. The quantitative estimate of drug-likeness (QED) is 0.476. The number of anilines is 1. The van der Waals surface area contributed by atoms with Gasteiger partial charge in [0.25, 0.3) is 15.9 Å². The van der Waals surface area contributed by atoms with E-state index in [1.165, 1.54) is 30.7 Å². The molecule has 11 heteroatoms. The number of carbonyl (C=O) groups is 1. The van der Waals surface area contributed by atoms with Crippen LogP contribution in [0.5, 0.6) is 0 Å². The normalized spacial score (nSPS) is 19.4. The van der Waals surface area contributed by atoms with Crippen molar-refractivity contribution in [2.75, 3.05) is 45.1 Å². The molecule has 1 aliphatic heterocycles. The van der Waals surface area contributed by atoms with Gasteiger partial charge in [0.2, 0.25) is 5.91 Å². The van der Waals surface area contributed by atoms with Gasteiger partial charge in [-0.3, -0.25) is 14.9 Å². The van der Waals surface area contributed by atoms with Gasteiger partial charge in [-0.15, -0.1) is 0 Å². The SMILES string of the molecule is CN(C1CCCCC1)S(=O)(=O)N1CCN(CCC(=O)Nc2ccc([N+](=O)[O-])cc2)CC1. The number of non-ortho nitro benzene ring substituents is 1. The second-order valence-electron chi connectivity index (χ2n) is 8.16. The number of rotatable bonds is 8. The minimum atomic E-state index is -3.45. The van der Waals surface area contributed by atoms with Gasteiger partial charge in [-0.1, -0.05) is 19.3 Å². The lowest BCUT2D eigenvalue weighted by Crippen LogP contribution is -2.54. The van der Waals surface area contributed by atoms with Crippen molar-refractivity contribution in [3.05, 3.63) is 34.4 Å². The summed E-state index contributed by atoms with van der Waals surface area (Å²) in [5.41, 5.74) is 0.484. The van der Waals surface area contributed by atoms with Gasteiger partial charge in [0, 0.05) is 70.1 Å². The maximum Gasteiger partial charge on any atom is 0.282 e. The fraction of sp³-hybridized carbons (Fsp3) is 0.650. The largest absolute Gasteiger partial charge is 0.326 e. The van der Waals surface area contributed by atoms with Crippen LogP contribution < -0.4 is 5.32 Å². The Balaban J connectivity index is 1.42. The number of amides is 1. The maximum atomic E-state index is 13.0. The highest BCUT2D eigenvalue weighted by Crippen LogP contribution is 2.25. The fourth-order valence-electron chi connectivity index (χ4n) is 4.15. The zero-order valence-electron chi connectivity index (χ0n) is 17.9. The topological polar surface area (TPSA) is 116 Å². The van der Waals surface area contributed by atoms with Crippen molar-refractivity contribution < 1.29 is 18.1 Å². The molecule has 1 heterocycles. The number of hydrogen-bond acceptors (Lipinski definition) is 6. The molecule has 0 spiro atoms. The third kappa shape index (κ3) is 6.22. The Kier molecular flexibility index (Phi) is 7.98. The van der Waals surface area contributed by atoms with E-state index in [1.807, 2.05) is 0 Å². The number of nitro groups is 1. The summed E-state index contributed by atoms with van der Waals surface area (Å²) >= 11 is 0. The van der Waals surface area contributed by atoms with Crippen LogP contribution in [0, 0.1) is 10.1 Å². The number of benzene rings is 1. The fourth-order valence-corrected chi connectivity index (χ4v) is 5.73. The van der Waals surface area contributed by atoms with Gasteiger partial charge in [-0.25, -0.2) is 0 Å². The van der Waals surface area contributed by atoms with Crippen molar-refractivity contribution in [2.24, 2.45) is 0 Å². The minimum absolute atomic E-state index is 0.0278. The molecule has 1 aromatic rings. The Labute approximate surface area is 183 Å². The van der Waals surface area contributed by atoms with Crippen molar-refractivity contribution in [3.8, 4) is 0 Å². The lowest BCUT2D eigenvalue weighted by atomic mass is 9.96. The van der Waals surface area contributed by atoms with Crippen LogP contribution in [0.15, 0.2) is 24.3 Å². The van der Waals surface area contributed by atoms with Crippen molar-refractivity contribution in [1.29, 1.82) is 0 Å². The summed E-state index contributed by atoms with van der Waals surface area (Å²) in [6, 6.07) is 5.80. The average molecular weight is 454 g/mol. The van der Waals surface area contributed by atoms with E-state index in [2.05, 4.69) is 10.2 Å². The van der Waals surface area contributed by atoms with Gasteiger partial charge >= 0.3 is 0 Å². The van der Waals surface area contributed by atoms with Gasteiger partial charge in [-0.05, 0) is 25.0 Å². The highest BCUT2D eigenvalue weighted by molar-refractivity contribution is 7.86. The van der Waals surface area contributed by atoms with E-state index in [-0.39, 0.29) is 24.1 Å². The van der Waals surface area contributed by atoms with Crippen molar-refractivity contribution in [2.45, 2.75) is 44.6 Å². The van der Waals surface area contributed by atoms with Gasteiger partial charge < -0.3 is 10.2 Å². The van der Waals surface area contributed by atoms with E-state index >= 15 is 0 Å². The molecule has 1 N–H and O–H groups in total. The summed E-state index contributed by atoms with van der Waals surface area (Å²) in [6.45, 7) is 2.54. The molecule has 0 radical (unpaired) electrons. The number of nitrogens with one attached hydrogen (secondary N) is 1. The molecule has 1 saturated carbocycles. The molecular weight excluding hydrogens is 422 g/mol. The Morgan fingerprint density at radius 2 is 1.74 bits per heavy atom. The summed E-state index contributed by atoms with van der Waals surface area (Å²) in [5.74, 6) is -0.180. The van der Waals surface area contributed by atoms with Crippen LogP contribution in [0.1, 0.15) is 38.5 Å². The summed E-state index contributed by atoms with van der Waals surface area (Å²) in [5, 5.41) is 13.4. The summed E-state index contributed by atoms with van der Waals surface area (Å²) < 4.78 is 29.0. The predicted molar refractivity (Wildman–Crippen MR) is 118 cm³/mol. The summed E-state index contributed by atoms with van der Waals surface area (Å²) in [7, 11) is -1.76. The maximum absolute atomic E-state index is 13.0. The molecule has 1 aliphatic carbocycles. The molecule has 2 fully saturated rings. The molecule has 10 nitrogen and oxygen atoms in total. The summed E-state index contributed by atoms with van der Waals surface area (Å²) in [6.07, 6.45) is 5.48. The number of carbonyl (C=O) groups excluding carboxylic acids is 1. The average Bonchev–Trinajstić information content (AvgIpc) is 2.78. The van der Waals surface area contributed by atoms with Gasteiger partial charge in [0.05, 0.1) is 4.92 Å². The first-order chi connectivity index (χ1) is 14.8. The molecule has 1 aromatic carbocycles. The standard InChI is InChI=1S/C20H31N5O5S/c1-22(18-5-3-2-4-6-18)31(29,30)24-15-13-23(14-16-24)12-11-20(26)21-17-7-9-19(10-8-17)25(27)28/h7-10,18H,2-6,11-16H2,1H3,(H,21,26). The highest BCUT2D eigenvalue weighted by Gasteiger charge is 2.34. The third-order valence-corrected chi connectivity index (χ3v) is 8.17. The van der Waals surface area contributed by atoms with Crippen LogP contribution in [0.2, 0.25) is 0 Å². The zero-order chi connectivity index (χ0) is 22.4. The van der Waals surface area contributed by atoms with Crippen LogP contribution in [0.4, 0.5) is 11.4 Å². The van der Waals surface area contributed by atoms with Crippen molar-refractivity contribution in [1.82, 2.24) is 13.5 Å². The lowest BCUT2D eigenvalue weighted by Gasteiger charge is -2.38. The smallest absolute Gasteiger partial charge is 0.282 e. The molecule has 0 atom stereocenters. The molecule has 31 heavy (non-hydrogen) atoms. The van der Waals surface area contributed by atoms with Crippen molar-refractivity contribution >= 4 is 27.5 Å². The first-order valence-corrected chi connectivity index (χ1v) is 12.2. The first-order valence-electron chi connectivity index (χ1n) is 10.8. The molecule has 3 rings (SSSR count). The van der Waals surface area contributed by atoms with Crippen molar-refractivity contribution in [3.63, 3.8) is 0 Å². The van der Waals surface area contributed by atoms with Gasteiger partial charge in [-0.2, -0.15) is 17.0 Å².